The summed E-state index contributed by atoms with van der Waals surface area (Å²) >= 11 is 0. The number of nitrogens with zero attached hydrogens (tertiary/aromatic N) is 1. The standard InChI is InChI=1S/C41H29N/c1-40(2)34-16-5-7-18-36(34)41(37-19-8-6-17-35(37)40)33-15-4-3-13-32(33)39-31(14-10-20-38(39)41)30-12-9-11-29(25-30)28-23-21-27(26-42)22-24-28/h3-25H,1-2H3. The lowest BCUT2D eigenvalue weighted by molar-refractivity contribution is 0.563. The van der Waals surface area contributed by atoms with Crippen molar-refractivity contribution in [2.45, 2.75) is 24.7 Å². The molecule has 8 rings (SSSR count). The molecule has 0 aromatic heterocycles. The molecular weight excluding hydrogens is 506 g/mol. The van der Waals surface area contributed by atoms with Gasteiger partial charge in [0.2, 0.25) is 0 Å². The van der Waals surface area contributed by atoms with Crippen molar-refractivity contribution in [1.82, 2.24) is 0 Å². The van der Waals surface area contributed by atoms with Gasteiger partial charge in [0.15, 0.2) is 0 Å². The van der Waals surface area contributed by atoms with Gasteiger partial charge >= 0.3 is 0 Å². The van der Waals surface area contributed by atoms with Crippen LogP contribution in [0.2, 0.25) is 0 Å². The van der Waals surface area contributed by atoms with E-state index in [1.165, 1.54) is 55.6 Å². The van der Waals surface area contributed by atoms with E-state index in [0.29, 0.717) is 5.56 Å². The van der Waals surface area contributed by atoms with Crippen molar-refractivity contribution in [3.8, 4) is 39.4 Å². The zero-order valence-corrected chi connectivity index (χ0v) is 23.7. The Bertz CT molecular complexity index is 2020. The smallest absolute Gasteiger partial charge is 0.0991 e. The van der Waals surface area contributed by atoms with Crippen molar-refractivity contribution in [3.63, 3.8) is 0 Å². The Morgan fingerprint density at radius 3 is 1.64 bits per heavy atom. The van der Waals surface area contributed by atoms with E-state index in [0.717, 1.165) is 11.1 Å². The molecule has 0 aliphatic heterocycles. The third-order valence-corrected chi connectivity index (χ3v) is 9.60. The Kier molecular flexibility index (Phi) is 5.21. The zero-order valence-electron chi connectivity index (χ0n) is 23.7. The molecule has 42 heavy (non-hydrogen) atoms. The highest BCUT2D eigenvalue weighted by molar-refractivity contribution is 5.97. The number of fused-ring (bicyclic) bond motifs is 9. The third-order valence-electron chi connectivity index (χ3n) is 9.60. The van der Waals surface area contributed by atoms with Gasteiger partial charge in [-0.1, -0.05) is 135 Å². The Morgan fingerprint density at radius 2 is 0.976 bits per heavy atom. The van der Waals surface area contributed by atoms with Gasteiger partial charge in [0.25, 0.3) is 0 Å². The van der Waals surface area contributed by atoms with Crippen LogP contribution in [0.15, 0.2) is 140 Å². The lowest BCUT2D eigenvalue weighted by Gasteiger charge is -2.46. The van der Waals surface area contributed by atoms with Crippen molar-refractivity contribution in [2.24, 2.45) is 0 Å². The second-order valence-corrected chi connectivity index (χ2v) is 12.0. The van der Waals surface area contributed by atoms with Crippen LogP contribution in [0.4, 0.5) is 0 Å². The third kappa shape index (κ3) is 3.18. The maximum atomic E-state index is 9.27. The first-order valence-corrected chi connectivity index (χ1v) is 14.6. The van der Waals surface area contributed by atoms with E-state index in [1.54, 1.807) is 0 Å². The average molecular weight is 536 g/mol. The van der Waals surface area contributed by atoms with Crippen LogP contribution >= 0.6 is 0 Å². The monoisotopic (exact) mass is 535 g/mol. The highest BCUT2D eigenvalue weighted by Crippen LogP contribution is 2.63. The molecule has 0 radical (unpaired) electrons. The number of nitriles is 1. The van der Waals surface area contributed by atoms with Crippen LogP contribution in [0.1, 0.15) is 52.8 Å². The van der Waals surface area contributed by atoms with Gasteiger partial charge in [-0.2, -0.15) is 5.26 Å². The first kappa shape index (κ1) is 24.6. The molecule has 0 bridgehead atoms. The van der Waals surface area contributed by atoms with Gasteiger partial charge in [-0.05, 0) is 85.0 Å². The molecule has 0 saturated heterocycles. The lowest BCUT2D eigenvalue weighted by atomic mass is 9.55. The van der Waals surface area contributed by atoms with Crippen molar-refractivity contribution in [3.05, 3.63) is 178 Å². The number of benzene rings is 6. The van der Waals surface area contributed by atoms with Crippen molar-refractivity contribution >= 4 is 0 Å². The quantitative estimate of drug-likeness (QED) is 0.216. The maximum Gasteiger partial charge on any atom is 0.0991 e. The van der Waals surface area contributed by atoms with Crippen molar-refractivity contribution in [1.29, 1.82) is 5.26 Å². The van der Waals surface area contributed by atoms with E-state index >= 15 is 0 Å². The van der Waals surface area contributed by atoms with Crippen molar-refractivity contribution < 1.29 is 0 Å². The predicted molar refractivity (Wildman–Crippen MR) is 171 cm³/mol. The van der Waals surface area contributed by atoms with Gasteiger partial charge in [0.05, 0.1) is 17.0 Å². The summed E-state index contributed by atoms with van der Waals surface area (Å²) in [5.74, 6) is 0. The molecule has 0 amide bonds. The molecule has 0 atom stereocenters. The summed E-state index contributed by atoms with van der Waals surface area (Å²) < 4.78 is 0. The first-order valence-electron chi connectivity index (χ1n) is 14.6. The van der Waals surface area contributed by atoms with Gasteiger partial charge in [-0.25, -0.2) is 0 Å². The van der Waals surface area contributed by atoms with Crippen LogP contribution in [0.3, 0.4) is 0 Å². The molecule has 1 spiro atoms. The van der Waals surface area contributed by atoms with E-state index in [1.807, 2.05) is 24.3 Å². The number of hydrogen-bond donors (Lipinski definition) is 0. The molecule has 6 aromatic carbocycles. The minimum Gasteiger partial charge on any atom is -0.192 e. The number of hydrogen-bond acceptors (Lipinski definition) is 1. The minimum atomic E-state index is -0.393. The summed E-state index contributed by atoms with van der Waals surface area (Å²) in [6.07, 6.45) is 0. The summed E-state index contributed by atoms with van der Waals surface area (Å²) in [5, 5.41) is 9.27. The molecule has 0 fully saturated rings. The van der Waals surface area contributed by atoms with Gasteiger partial charge in [-0.15, -0.1) is 0 Å². The fraction of sp³-hybridized carbons (Fsp3) is 0.0976. The van der Waals surface area contributed by atoms with Gasteiger partial charge in [0.1, 0.15) is 0 Å². The molecule has 6 aromatic rings. The normalized spacial score (nSPS) is 14.8. The van der Waals surface area contributed by atoms with E-state index in [2.05, 4.69) is 135 Å². The number of rotatable bonds is 2. The van der Waals surface area contributed by atoms with Crippen LogP contribution in [0, 0.1) is 11.3 Å². The lowest BCUT2D eigenvalue weighted by Crippen LogP contribution is -2.40. The Hall–Kier alpha value is -5.19. The molecule has 1 heteroatoms. The molecule has 0 saturated carbocycles. The van der Waals surface area contributed by atoms with Gasteiger partial charge < -0.3 is 0 Å². The van der Waals surface area contributed by atoms with Crippen LogP contribution in [0.25, 0.3) is 33.4 Å². The first-order chi connectivity index (χ1) is 20.5. The second kappa shape index (κ2) is 8.90. The fourth-order valence-electron chi connectivity index (χ4n) is 7.75. The summed E-state index contributed by atoms with van der Waals surface area (Å²) in [6.45, 7) is 4.73. The fourth-order valence-corrected chi connectivity index (χ4v) is 7.75. The van der Waals surface area contributed by atoms with Gasteiger partial charge in [0, 0.05) is 5.41 Å². The minimum absolute atomic E-state index is 0.108. The molecule has 1 nitrogen and oxygen atoms in total. The molecule has 2 aliphatic rings. The molecular formula is C41H29N. The molecule has 198 valence electrons. The van der Waals surface area contributed by atoms with E-state index in [9.17, 15) is 5.26 Å². The Morgan fingerprint density at radius 1 is 0.452 bits per heavy atom. The average Bonchev–Trinajstić information content (AvgIpc) is 3.35. The second-order valence-electron chi connectivity index (χ2n) is 12.0. The van der Waals surface area contributed by atoms with Gasteiger partial charge in [-0.3, -0.25) is 0 Å². The highest BCUT2D eigenvalue weighted by Gasteiger charge is 2.53. The Labute approximate surface area is 247 Å². The SMILES string of the molecule is CC1(C)c2ccccc2C2(c3ccccc3-c3c(-c4cccc(-c5ccc(C#N)cc5)c4)cccc32)c2ccccc21. The van der Waals surface area contributed by atoms with E-state index < -0.39 is 5.41 Å². The van der Waals surface area contributed by atoms with Crippen LogP contribution < -0.4 is 0 Å². The highest BCUT2D eigenvalue weighted by atomic mass is 14.5. The van der Waals surface area contributed by atoms with Crippen molar-refractivity contribution in [2.75, 3.05) is 0 Å². The largest absolute Gasteiger partial charge is 0.192 e. The molecule has 2 aliphatic carbocycles. The molecule has 0 N–H and O–H groups in total. The topological polar surface area (TPSA) is 23.8 Å². The maximum absolute atomic E-state index is 9.27. The summed E-state index contributed by atoms with van der Waals surface area (Å²) in [4.78, 5) is 0. The summed E-state index contributed by atoms with van der Waals surface area (Å²) in [6, 6.07) is 53.0. The predicted octanol–water partition coefficient (Wildman–Crippen LogP) is 9.89. The zero-order chi connectivity index (χ0) is 28.5. The molecule has 0 heterocycles. The van der Waals surface area contributed by atoms with E-state index in [-0.39, 0.29) is 5.41 Å². The van der Waals surface area contributed by atoms with Crippen LogP contribution in [-0.2, 0) is 10.8 Å². The summed E-state index contributed by atoms with van der Waals surface area (Å²) in [7, 11) is 0. The van der Waals surface area contributed by atoms with E-state index in [4.69, 9.17) is 0 Å². The van der Waals surface area contributed by atoms with Crippen LogP contribution in [0.5, 0.6) is 0 Å². The Balaban J connectivity index is 1.43. The van der Waals surface area contributed by atoms with Crippen LogP contribution in [-0.4, -0.2) is 0 Å². The summed E-state index contributed by atoms with van der Waals surface area (Å²) in [5.41, 5.74) is 15.7. The molecule has 0 unspecified atom stereocenters.